The van der Waals surface area contributed by atoms with E-state index in [-0.39, 0.29) is 5.91 Å². The molecule has 0 spiro atoms. The largest absolute Gasteiger partial charge is 0.493 e. The van der Waals surface area contributed by atoms with Crippen molar-refractivity contribution >= 4 is 5.91 Å². The summed E-state index contributed by atoms with van der Waals surface area (Å²) in [6.07, 6.45) is 7.95. The van der Waals surface area contributed by atoms with Crippen LogP contribution in [0.4, 0.5) is 0 Å². The fourth-order valence-electron chi connectivity index (χ4n) is 2.78. The molecule has 1 N–H and O–H groups in total. The van der Waals surface area contributed by atoms with E-state index in [0.29, 0.717) is 31.9 Å². The molecule has 1 amide bonds. The summed E-state index contributed by atoms with van der Waals surface area (Å²) in [4.78, 5) is 20.2. The number of para-hydroxylation sites is 1. The fraction of sp³-hybridized carbons (Fsp3) is 0.389. The highest BCUT2D eigenvalue weighted by atomic mass is 16.5. The Morgan fingerprint density at radius 3 is 3.09 bits per heavy atom. The van der Waals surface area contributed by atoms with E-state index in [4.69, 9.17) is 4.74 Å². The molecule has 0 radical (unpaired) electrons. The highest BCUT2D eigenvalue weighted by molar-refractivity contribution is 5.76. The number of aromatic nitrogens is 2. The Bertz CT molecular complexity index is 646. The number of benzene rings is 1. The van der Waals surface area contributed by atoms with E-state index in [1.807, 2.05) is 18.2 Å². The summed E-state index contributed by atoms with van der Waals surface area (Å²) in [6, 6.07) is 8.14. The molecule has 0 bridgehead atoms. The fourth-order valence-corrected chi connectivity index (χ4v) is 2.78. The molecular formula is C18H21N3O2. The van der Waals surface area contributed by atoms with Crippen LogP contribution in [0.2, 0.25) is 0 Å². The van der Waals surface area contributed by atoms with Crippen molar-refractivity contribution in [1.29, 1.82) is 0 Å². The molecule has 0 saturated carbocycles. The zero-order chi connectivity index (χ0) is 15.9. The number of rotatable bonds is 5. The lowest BCUT2D eigenvalue weighted by atomic mass is 9.97. The van der Waals surface area contributed by atoms with Gasteiger partial charge in [0, 0.05) is 31.6 Å². The van der Waals surface area contributed by atoms with Gasteiger partial charge in [0.05, 0.1) is 12.3 Å². The van der Waals surface area contributed by atoms with Crippen molar-refractivity contribution < 1.29 is 9.53 Å². The molecular weight excluding hydrogens is 290 g/mol. The second kappa shape index (κ2) is 7.72. The van der Waals surface area contributed by atoms with Crippen LogP contribution in [0, 0.1) is 5.92 Å². The van der Waals surface area contributed by atoms with Crippen molar-refractivity contribution in [3.05, 3.63) is 54.1 Å². The number of carbonyl (C=O) groups excluding carboxylic acids is 1. The predicted molar refractivity (Wildman–Crippen MR) is 87.1 cm³/mol. The Hall–Kier alpha value is -2.43. The van der Waals surface area contributed by atoms with Crippen LogP contribution in [0.3, 0.4) is 0 Å². The summed E-state index contributed by atoms with van der Waals surface area (Å²) in [5, 5.41) is 3.04. The van der Waals surface area contributed by atoms with Crippen molar-refractivity contribution in [3.8, 4) is 5.75 Å². The first kappa shape index (κ1) is 15.5. The summed E-state index contributed by atoms with van der Waals surface area (Å²) in [7, 11) is 0. The van der Waals surface area contributed by atoms with E-state index < -0.39 is 0 Å². The van der Waals surface area contributed by atoms with Crippen molar-refractivity contribution in [2.24, 2.45) is 5.92 Å². The number of carbonyl (C=O) groups is 1. The van der Waals surface area contributed by atoms with Gasteiger partial charge in [0.25, 0.3) is 0 Å². The van der Waals surface area contributed by atoms with Gasteiger partial charge in [0.2, 0.25) is 5.91 Å². The molecule has 23 heavy (non-hydrogen) atoms. The third-order valence-corrected chi connectivity index (χ3v) is 4.08. The molecule has 1 aromatic heterocycles. The highest BCUT2D eigenvalue weighted by Gasteiger charge is 2.17. The number of hydrogen-bond acceptors (Lipinski definition) is 4. The lowest BCUT2D eigenvalue weighted by Gasteiger charge is -2.14. The molecule has 0 saturated heterocycles. The number of aryl methyl sites for hydroxylation is 1. The third kappa shape index (κ3) is 4.52. The molecule has 1 atom stereocenters. The summed E-state index contributed by atoms with van der Waals surface area (Å²) in [5.41, 5.74) is 2.07. The number of nitrogens with one attached hydrogen (secondary N) is 1. The van der Waals surface area contributed by atoms with Crippen LogP contribution >= 0.6 is 0 Å². The first-order chi connectivity index (χ1) is 11.3. The van der Waals surface area contributed by atoms with Gasteiger partial charge in [-0.2, -0.15) is 0 Å². The second-order valence-corrected chi connectivity index (χ2v) is 5.82. The van der Waals surface area contributed by atoms with Gasteiger partial charge in [-0.1, -0.05) is 18.2 Å². The smallest absolute Gasteiger partial charge is 0.220 e. The molecule has 2 aromatic rings. The van der Waals surface area contributed by atoms with Crippen LogP contribution in [0.1, 0.15) is 24.1 Å². The third-order valence-electron chi connectivity index (χ3n) is 4.08. The van der Waals surface area contributed by atoms with Gasteiger partial charge in [-0.05, 0) is 36.8 Å². The second-order valence-electron chi connectivity index (χ2n) is 5.82. The molecule has 3 rings (SSSR count). The molecule has 0 unspecified atom stereocenters. The number of nitrogens with zero attached hydrogens (tertiary/aromatic N) is 2. The quantitative estimate of drug-likeness (QED) is 0.919. The minimum atomic E-state index is 0.0640. The van der Waals surface area contributed by atoms with E-state index in [9.17, 15) is 4.79 Å². The van der Waals surface area contributed by atoms with Crippen LogP contribution in [0.25, 0.3) is 0 Å². The van der Waals surface area contributed by atoms with Crippen molar-refractivity contribution in [1.82, 2.24) is 15.3 Å². The van der Waals surface area contributed by atoms with Gasteiger partial charge < -0.3 is 10.1 Å². The van der Waals surface area contributed by atoms with Crippen molar-refractivity contribution in [2.45, 2.75) is 25.7 Å². The predicted octanol–water partition coefficient (Wildman–Crippen LogP) is 2.17. The number of amides is 1. The molecule has 2 heterocycles. The average molecular weight is 311 g/mol. The van der Waals surface area contributed by atoms with Gasteiger partial charge in [0.1, 0.15) is 5.75 Å². The zero-order valence-corrected chi connectivity index (χ0v) is 13.1. The summed E-state index contributed by atoms with van der Waals surface area (Å²) in [6.45, 7) is 1.40. The van der Waals surface area contributed by atoms with E-state index in [2.05, 4.69) is 21.4 Å². The van der Waals surface area contributed by atoms with Crippen LogP contribution in [0.5, 0.6) is 5.75 Å². The molecule has 1 aromatic carbocycles. The molecule has 1 aliphatic rings. The minimum absolute atomic E-state index is 0.0640. The van der Waals surface area contributed by atoms with Gasteiger partial charge in [0.15, 0.2) is 0 Å². The molecule has 120 valence electrons. The summed E-state index contributed by atoms with van der Waals surface area (Å²) < 4.78 is 5.76. The first-order valence-corrected chi connectivity index (χ1v) is 8.03. The molecule has 0 fully saturated rings. The molecule has 1 aliphatic heterocycles. The average Bonchev–Trinajstić information content (AvgIpc) is 2.81. The molecule has 0 aliphatic carbocycles. The number of hydrogen-bond donors (Lipinski definition) is 1. The Morgan fingerprint density at radius 1 is 1.30 bits per heavy atom. The van der Waals surface area contributed by atoms with Gasteiger partial charge in [-0.3, -0.25) is 14.8 Å². The lowest BCUT2D eigenvalue weighted by Crippen LogP contribution is -2.30. The Morgan fingerprint density at radius 2 is 2.22 bits per heavy atom. The van der Waals surface area contributed by atoms with Crippen molar-refractivity contribution in [2.75, 3.05) is 13.2 Å². The van der Waals surface area contributed by atoms with Crippen LogP contribution in [-0.4, -0.2) is 29.0 Å². The molecule has 5 heteroatoms. The highest BCUT2D eigenvalue weighted by Crippen LogP contribution is 2.26. The normalized spacial score (nSPS) is 16.8. The van der Waals surface area contributed by atoms with Gasteiger partial charge >= 0.3 is 0 Å². The maximum atomic E-state index is 12.0. The SMILES string of the molecule is O=C(CCc1cnccn1)NC[C@@H]1CCOc2ccccc2C1. The zero-order valence-electron chi connectivity index (χ0n) is 13.1. The maximum absolute atomic E-state index is 12.0. The monoisotopic (exact) mass is 311 g/mol. The topological polar surface area (TPSA) is 64.1 Å². The number of ether oxygens (including phenoxy) is 1. The van der Waals surface area contributed by atoms with E-state index >= 15 is 0 Å². The number of fused-ring (bicyclic) bond motifs is 1. The van der Waals surface area contributed by atoms with Crippen molar-refractivity contribution in [3.63, 3.8) is 0 Å². The first-order valence-electron chi connectivity index (χ1n) is 8.03. The Kier molecular flexibility index (Phi) is 5.19. The van der Waals surface area contributed by atoms with Gasteiger partial charge in [-0.15, -0.1) is 0 Å². The van der Waals surface area contributed by atoms with Crippen LogP contribution in [-0.2, 0) is 17.6 Å². The van der Waals surface area contributed by atoms with E-state index in [1.54, 1.807) is 18.6 Å². The van der Waals surface area contributed by atoms with Gasteiger partial charge in [-0.25, -0.2) is 0 Å². The standard InChI is InChI=1S/C18H21N3O2/c22-18(6-5-16-13-19-8-9-20-16)21-12-14-7-10-23-17-4-2-1-3-15(17)11-14/h1-4,8-9,13-14H,5-7,10-12H2,(H,21,22)/t14-/m1/s1. The Balaban J connectivity index is 1.45. The molecule has 5 nitrogen and oxygen atoms in total. The van der Waals surface area contributed by atoms with E-state index in [0.717, 1.165) is 24.3 Å². The lowest BCUT2D eigenvalue weighted by molar-refractivity contribution is -0.121. The van der Waals surface area contributed by atoms with Crippen LogP contribution < -0.4 is 10.1 Å². The minimum Gasteiger partial charge on any atom is -0.493 e. The maximum Gasteiger partial charge on any atom is 0.220 e. The van der Waals surface area contributed by atoms with E-state index in [1.165, 1.54) is 5.56 Å². The summed E-state index contributed by atoms with van der Waals surface area (Å²) >= 11 is 0. The Labute approximate surface area is 136 Å². The van der Waals surface area contributed by atoms with Crippen LogP contribution in [0.15, 0.2) is 42.9 Å². The summed E-state index contributed by atoms with van der Waals surface area (Å²) in [5.74, 6) is 1.46.